The van der Waals surface area contributed by atoms with Crippen LogP contribution in [0.2, 0.25) is 0 Å². The first-order chi connectivity index (χ1) is 7.52. The van der Waals surface area contributed by atoms with Crippen molar-refractivity contribution in [1.29, 1.82) is 0 Å². The van der Waals surface area contributed by atoms with Crippen molar-refractivity contribution < 1.29 is 13.2 Å². The molecule has 0 amide bonds. The first kappa shape index (κ1) is 10.7. The number of hydrogen-bond donors (Lipinski definition) is 1. The lowest BCUT2D eigenvalue weighted by Crippen LogP contribution is -2.05. The van der Waals surface area contributed by atoms with Crippen molar-refractivity contribution in [2.24, 2.45) is 0 Å². The van der Waals surface area contributed by atoms with Crippen LogP contribution in [0, 0.1) is 0 Å². The molecule has 86 valence electrons. The molecule has 2 aromatic rings. The molecule has 0 aliphatic heterocycles. The third kappa shape index (κ3) is 1.80. The predicted molar refractivity (Wildman–Crippen MR) is 52.2 cm³/mol. The molecular weight excluding hydrogens is 221 g/mol. The number of anilines is 1. The fourth-order valence-corrected chi connectivity index (χ4v) is 1.36. The molecule has 0 spiro atoms. The summed E-state index contributed by atoms with van der Waals surface area (Å²) < 4.78 is 38.4. The summed E-state index contributed by atoms with van der Waals surface area (Å²) in [6.45, 7) is 2.42. The van der Waals surface area contributed by atoms with Gasteiger partial charge in [-0.3, -0.25) is 0 Å². The largest absolute Gasteiger partial charge is 0.435 e. The molecule has 0 radical (unpaired) electrons. The van der Waals surface area contributed by atoms with Gasteiger partial charge in [0.15, 0.2) is 11.5 Å². The number of nitrogens with zero attached hydrogens (tertiary/aromatic N) is 3. The SMILES string of the molecule is CCNc1nccn2nc(C(F)(F)F)cc12. The molecule has 7 heteroatoms. The number of halogens is 3. The highest BCUT2D eigenvalue weighted by Gasteiger charge is 2.34. The van der Waals surface area contributed by atoms with E-state index in [9.17, 15) is 13.2 Å². The third-order valence-corrected chi connectivity index (χ3v) is 2.02. The summed E-state index contributed by atoms with van der Waals surface area (Å²) in [4.78, 5) is 3.95. The van der Waals surface area contributed by atoms with Gasteiger partial charge in [0.25, 0.3) is 0 Å². The summed E-state index contributed by atoms with van der Waals surface area (Å²) >= 11 is 0. The zero-order valence-corrected chi connectivity index (χ0v) is 8.41. The minimum Gasteiger partial charge on any atom is -0.369 e. The van der Waals surface area contributed by atoms with Crippen molar-refractivity contribution in [3.63, 3.8) is 0 Å². The maximum absolute atomic E-state index is 12.4. The Labute approximate surface area is 89.1 Å². The molecule has 2 aromatic heterocycles. The van der Waals surface area contributed by atoms with Gasteiger partial charge in [0, 0.05) is 25.0 Å². The average molecular weight is 230 g/mol. The van der Waals surface area contributed by atoms with Crippen LogP contribution in [0.15, 0.2) is 18.5 Å². The molecule has 0 aliphatic carbocycles. The second-order valence-corrected chi connectivity index (χ2v) is 3.16. The highest BCUT2D eigenvalue weighted by Crippen LogP contribution is 2.29. The van der Waals surface area contributed by atoms with Gasteiger partial charge in [-0.05, 0) is 6.92 Å². The van der Waals surface area contributed by atoms with E-state index in [2.05, 4.69) is 15.4 Å². The van der Waals surface area contributed by atoms with Gasteiger partial charge >= 0.3 is 6.18 Å². The molecule has 0 atom stereocenters. The lowest BCUT2D eigenvalue weighted by atomic mass is 10.3. The summed E-state index contributed by atoms with van der Waals surface area (Å²) in [5.74, 6) is 0.396. The van der Waals surface area contributed by atoms with Gasteiger partial charge in [0.1, 0.15) is 5.52 Å². The van der Waals surface area contributed by atoms with Gasteiger partial charge < -0.3 is 5.32 Å². The quantitative estimate of drug-likeness (QED) is 0.859. The molecule has 0 saturated heterocycles. The molecule has 0 aromatic carbocycles. The highest BCUT2D eigenvalue weighted by molar-refractivity contribution is 5.67. The molecule has 2 rings (SSSR count). The monoisotopic (exact) mass is 230 g/mol. The summed E-state index contributed by atoms with van der Waals surface area (Å²) in [5, 5.41) is 6.31. The second-order valence-electron chi connectivity index (χ2n) is 3.16. The summed E-state index contributed by atoms with van der Waals surface area (Å²) in [5.41, 5.74) is -0.601. The van der Waals surface area contributed by atoms with E-state index < -0.39 is 11.9 Å². The van der Waals surface area contributed by atoms with Crippen molar-refractivity contribution >= 4 is 11.3 Å². The number of rotatable bonds is 2. The van der Waals surface area contributed by atoms with Gasteiger partial charge in [-0.15, -0.1) is 0 Å². The Morgan fingerprint density at radius 2 is 2.19 bits per heavy atom. The van der Waals surface area contributed by atoms with E-state index in [1.54, 1.807) is 0 Å². The van der Waals surface area contributed by atoms with E-state index in [0.29, 0.717) is 17.9 Å². The number of alkyl halides is 3. The van der Waals surface area contributed by atoms with Gasteiger partial charge in [-0.1, -0.05) is 0 Å². The van der Waals surface area contributed by atoms with E-state index in [4.69, 9.17) is 0 Å². The standard InChI is InChI=1S/C9H9F3N4/c1-2-13-8-6-5-7(9(10,11)12)15-16(6)4-3-14-8/h3-5H,2H2,1H3,(H,13,14). The van der Waals surface area contributed by atoms with Crippen LogP contribution in [0.25, 0.3) is 5.52 Å². The van der Waals surface area contributed by atoms with Gasteiger partial charge in [-0.25, -0.2) is 9.50 Å². The number of aromatic nitrogens is 3. The lowest BCUT2D eigenvalue weighted by molar-refractivity contribution is -0.141. The Morgan fingerprint density at radius 1 is 1.44 bits per heavy atom. The molecule has 0 saturated carbocycles. The topological polar surface area (TPSA) is 42.2 Å². The molecule has 2 heterocycles. The van der Waals surface area contributed by atoms with Crippen molar-refractivity contribution in [2.45, 2.75) is 13.1 Å². The van der Waals surface area contributed by atoms with Crippen LogP contribution in [-0.2, 0) is 6.18 Å². The van der Waals surface area contributed by atoms with Crippen LogP contribution in [-0.4, -0.2) is 21.1 Å². The number of nitrogens with one attached hydrogen (secondary N) is 1. The zero-order chi connectivity index (χ0) is 11.8. The smallest absolute Gasteiger partial charge is 0.369 e. The van der Waals surface area contributed by atoms with E-state index in [1.807, 2.05) is 6.92 Å². The van der Waals surface area contributed by atoms with Crippen LogP contribution in [0.5, 0.6) is 0 Å². The van der Waals surface area contributed by atoms with Crippen molar-refractivity contribution in [1.82, 2.24) is 14.6 Å². The Balaban J connectivity index is 2.57. The third-order valence-electron chi connectivity index (χ3n) is 2.02. The molecule has 0 unspecified atom stereocenters. The molecular formula is C9H9F3N4. The fourth-order valence-electron chi connectivity index (χ4n) is 1.36. The normalized spacial score (nSPS) is 12.0. The Bertz CT molecular complexity index is 503. The summed E-state index contributed by atoms with van der Waals surface area (Å²) in [7, 11) is 0. The molecule has 0 fully saturated rings. The minimum atomic E-state index is -4.44. The van der Waals surface area contributed by atoms with Crippen molar-refractivity contribution in [3.8, 4) is 0 Å². The second kappa shape index (κ2) is 3.66. The Hall–Kier alpha value is -1.79. The van der Waals surface area contributed by atoms with Gasteiger partial charge in [-0.2, -0.15) is 18.3 Å². The number of fused-ring (bicyclic) bond motifs is 1. The van der Waals surface area contributed by atoms with Crippen LogP contribution in [0.1, 0.15) is 12.6 Å². The first-order valence-corrected chi connectivity index (χ1v) is 4.68. The van der Waals surface area contributed by atoms with E-state index in [-0.39, 0.29) is 0 Å². The van der Waals surface area contributed by atoms with Crippen molar-refractivity contribution in [2.75, 3.05) is 11.9 Å². The molecule has 0 bridgehead atoms. The van der Waals surface area contributed by atoms with Crippen LogP contribution < -0.4 is 5.32 Å². The predicted octanol–water partition coefficient (Wildman–Crippen LogP) is 2.18. The summed E-state index contributed by atoms with van der Waals surface area (Å²) in [6, 6.07) is 0.977. The average Bonchev–Trinajstić information content (AvgIpc) is 2.62. The molecule has 1 N–H and O–H groups in total. The Kier molecular flexibility index (Phi) is 2.45. The molecule has 0 aliphatic rings. The van der Waals surface area contributed by atoms with Crippen molar-refractivity contribution in [3.05, 3.63) is 24.2 Å². The minimum absolute atomic E-state index is 0.316. The fraction of sp³-hybridized carbons (Fsp3) is 0.333. The highest BCUT2D eigenvalue weighted by atomic mass is 19.4. The van der Waals surface area contributed by atoms with Gasteiger partial charge in [0.2, 0.25) is 0 Å². The lowest BCUT2D eigenvalue weighted by Gasteiger charge is -2.02. The van der Waals surface area contributed by atoms with E-state index in [0.717, 1.165) is 10.6 Å². The number of hydrogen-bond acceptors (Lipinski definition) is 3. The zero-order valence-electron chi connectivity index (χ0n) is 8.41. The first-order valence-electron chi connectivity index (χ1n) is 4.68. The Morgan fingerprint density at radius 3 is 2.81 bits per heavy atom. The summed E-state index contributed by atoms with van der Waals surface area (Å²) in [6.07, 6.45) is -1.65. The van der Waals surface area contributed by atoms with E-state index >= 15 is 0 Å². The van der Waals surface area contributed by atoms with Crippen LogP contribution in [0.4, 0.5) is 19.0 Å². The molecule has 16 heavy (non-hydrogen) atoms. The molecule has 4 nitrogen and oxygen atoms in total. The van der Waals surface area contributed by atoms with Gasteiger partial charge in [0.05, 0.1) is 0 Å². The van der Waals surface area contributed by atoms with Crippen LogP contribution >= 0.6 is 0 Å². The van der Waals surface area contributed by atoms with E-state index in [1.165, 1.54) is 12.4 Å². The maximum Gasteiger partial charge on any atom is 0.435 e. The maximum atomic E-state index is 12.4. The van der Waals surface area contributed by atoms with Crippen LogP contribution in [0.3, 0.4) is 0 Å².